The molecule has 1 aromatic heterocycles. The van der Waals surface area contributed by atoms with E-state index in [1.54, 1.807) is 6.07 Å². The molecule has 2 aliphatic carbocycles. The summed E-state index contributed by atoms with van der Waals surface area (Å²) in [6.45, 7) is 1.84. The first kappa shape index (κ1) is 26.1. The van der Waals surface area contributed by atoms with Crippen LogP contribution in [0.15, 0.2) is 48.5 Å². The van der Waals surface area contributed by atoms with E-state index >= 15 is 0 Å². The molecule has 1 saturated carbocycles. The van der Waals surface area contributed by atoms with Crippen LogP contribution in [-0.4, -0.2) is 42.1 Å². The molecule has 0 bridgehead atoms. The fourth-order valence-corrected chi connectivity index (χ4v) is 5.70. The maximum atomic E-state index is 14.9. The molecule has 200 valence electrons. The highest BCUT2D eigenvalue weighted by molar-refractivity contribution is 5.83. The van der Waals surface area contributed by atoms with Gasteiger partial charge >= 0.3 is 0 Å². The van der Waals surface area contributed by atoms with Crippen LogP contribution in [0.3, 0.4) is 0 Å². The number of aryl methyl sites for hydroxylation is 1. The van der Waals surface area contributed by atoms with E-state index in [9.17, 15) is 9.18 Å². The minimum absolute atomic E-state index is 0.0538. The van der Waals surface area contributed by atoms with Gasteiger partial charge in [-0.05, 0) is 75.5 Å². The quantitative estimate of drug-likeness (QED) is 0.412. The lowest BCUT2D eigenvalue weighted by atomic mass is 9.90. The first-order valence-corrected chi connectivity index (χ1v) is 13.9. The summed E-state index contributed by atoms with van der Waals surface area (Å²) in [6, 6.07) is 15.0. The van der Waals surface area contributed by atoms with Crippen molar-refractivity contribution in [3.8, 4) is 11.1 Å². The standard InChI is InChI=1S/C31H38FN5O/c1-20(22-13-18-25(27(32)19-22)21-9-5-4-6-10-21)30(38)33-23-14-16-24(17-15-23)34-31-35-28-12-8-7-11-26(28)29(36-31)37(2)3/h4-6,9-10,13,18-20,23-24H,7-8,11-12,14-17H2,1-3H3,(H,33,38)(H,34,35,36). The first-order chi connectivity index (χ1) is 18.4. The number of anilines is 2. The van der Waals surface area contributed by atoms with Crippen LogP contribution in [0.2, 0.25) is 0 Å². The summed E-state index contributed by atoms with van der Waals surface area (Å²) in [5.41, 5.74) is 4.55. The Balaban J connectivity index is 1.16. The van der Waals surface area contributed by atoms with E-state index in [4.69, 9.17) is 9.97 Å². The van der Waals surface area contributed by atoms with Gasteiger partial charge in [-0.15, -0.1) is 0 Å². The molecule has 0 spiro atoms. The zero-order valence-electron chi connectivity index (χ0n) is 22.6. The average Bonchev–Trinajstić information content (AvgIpc) is 2.93. The van der Waals surface area contributed by atoms with Crippen LogP contribution >= 0.6 is 0 Å². The second kappa shape index (κ2) is 11.5. The number of rotatable bonds is 7. The van der Waals surface area contributed by atoms with Crippen molar-refractivity contribution in [2.24, 2.45) is 0 Å². The molecule has 1 unspecified atom stereocenters. The Kier molecular flexibility index (Phi) is 7.91. The van der Waals surface area contributed by atoms with Crippen molar-refractivity contribution in [1.82, 2.24) is 15.3 Å². The average molecular weight is 516 g/mol. The van der Waals surface area contributed by atoms with Crippen molar-refractivity contribution >= 4 is 17.7 Å². The van der Waals surface area contributed by atoms with E-state index in [2.05, 4.69) is 15.5 Å². The number of amides is 1. The molecule has 38 heavy (non-hydrogen) atoms. The number of carbonyl (C=O) groups excluding carboxylic acids is 1. The predicted molar refractivity (Wildman–Crippen MR) is 151 cm³/mol. The second-order valence-electron chi connectivity index (χ2n) is 10.9. The number of carbonyl (C=O) groups is 1. The van der Waals surface area contributed by atoms with Gasteiger partial charge in [-0.1, -0.05) is 42.5 Å². The second-order valence-corrected chi connectivity index (χ2v) is 10.9. The highest BCUT2D eigenvalue weighted by atomic mass is 19.1. The Hall–Kier alpha value is -3.48. The molecule has 0 radical (unpaired) electrons. The predicted octanol–water partition coefficient (Wildman–Crippen LogP) is 5.87. The molecule has 0 saturated heterocycles. The molecule has 1 amide bonds. The third-order valence-electron chi connectivity index (χ3n) is 7.96. The van der Waals surface area contributed by atoms with Gasteiger partial charge in [-0.25, -0.2) is 9.37 Å². The third-order valence-corrected chi connectivity index (χ3v) is 7.96. The summed E-state index contributed by atoms with van der Waals surface area (Å²) in [4.78, 5) is 24.8. The third kappa shape index (κ3) is 5.82. The topological polar surface area (TPSA) is 70.2 Å². The van der Waals surface area contributed by atoms with Crippen molar-refractivity contribution in [1.29, 1.82) is 0 Å². The van der Waals surface area contributed by atoms with Crippen LogP contribution in [0.25, 0.3) is 11.1 Å². The molecule has 5 rings (SSSR count). The van der Waals surface area contributed by atoms with E-state index in [-0.39, 0.29) is 23.8 Å². The fraction of sp³-hybridized carbons (Fsp3) is 0.452. The zero-order valence-corrected chi connectivity index (χ0v) is 22.6. The van der Waals surface area contributed by atoms with Gasteiger partial charge in [-0.3, -0.25) is 4.79 Å². The SMILES string of the molecule is CC(C(=O)NC1CCC(Nc2nc3c(c(N(C)C)n2)CCCC3)CC1)c1ccc(-c2ccccc2)c(F)c1. The zero-order chi connectivity index (χ0) is 26.6. The number of fused-ring (bicyclic) bond motifs is 1. The van der Waals surface area contributed by atoms with Crippen LogP contribution in [0.4, 0.5) is 16.2 Å². The molecule has 7 heteroatoms. The van der Waals surface area contributed by atoms with Crippen LogP contribution in [-0.2, 0) is 17.6 Å². The van der Waals surface area contributed by atoms with Crippen molar-refractivity contribution < 1.29 is 9.18 Å². The summed E-state index contributed by atoms with van der Waals surface area (Å²) < 4.78 is 14.9. The van der Waals surface area contributed by atoms with Gasteiger partial charge in [0.15, 0.2) is 0 Å². The van der Waals surface area contributed by atoms with Gasteiger partial charge in [0.25, 0.3) is 0 Å². The molecule has 6 nitrogen and oxygen atoms in total. The molecular weight excluding hydrogens is 477 g/mol. The van der Waals surface area contributed by atoms with Gasteiger partial charge in [0.2, 0.25) is 11.9 Å². The van der Waals surface area contributed by atoms with E-state index in [0.717, 1.165) is 55.9 Å². The largest absolute Gasteiger partial charge is 0.362 e. The molecule has 2 N–H and O–H groups in total. The number of nitrogens with one attached hydrogen (secondary N) is 2. The summed E-state index contributed by atoms with van der Waals surface area (Å²) in [6.07, 6.45) is 8.12. The van der Waals surface area contributed by atoms with E-state index < -0.39 is 5.92 Å². The monoisotopic (exact) mass is 515 g/mol. The van der Waals surface area contributed by atoms with Crippen LogP contribution < -0.4 is 15.5 Å². The van der Waals surface area contributed by atoms with E-state index in [0.29, 0.717) is 11.1 Å². The van der Waals surface area contributed by atoms with Crippen LogP contribution in [0.1, 0.15) is 68.2 Å². The van der Waals surface area contributed by atoms with Crippen molar-refractivity contribution in [3.05, 3.63) is 71.2 Å². The van der Waals surface area contributed by atoms with Gasteiger partial charge in [0.05, 0.1) is 11.6 Å². The molecule has 1 heterocycles. The van der Waals surface area contributed by atoms with E-state index in [1.165, 1.54) is 30.2 Å². The Labute approximate surface area is 225 Å². The Morgan fingerprint density at radius 1 is 0.974 bits per heavy atom. The lowest BCUT2D eigenvalue weighted by Crippen LogP contribution is -2.41. The summed E-state index contributed by atoms with van der Waals surface area (Å²) >= 11 is 0. The van der Waals surface area contributed by atoms with E-state index in [1.807, 2.05) is 57.4 Å². The van der Waals surface area contributed by atoms with Gasteiger partial charge in [0.1, 0.15) is 11.6 Å². The summed E-state index contributed by atoms with van der Waals surface area (Å²) in [7, 11) is 4.09. The molecule has 1 fully saturated rings. The maximum Gasteiger partial charge on any atom is 0.227 e. The van der Waals surface area contributed by atoms with Crippen molar-refractivity contribution in [3.63, 3.8) is 0 Å². The number of halogens is 1. The Morgan fingerprint density at radius 3 is 2.39 bits per heavy atom. The number of aromatic nitrogens is 2. The molecule has 3 aromatic rings. The molecule has 2 aromatic carbocycles. The number of benzene rings is 2. The molecule has 1 atom stereocenters. The molecule has 0 aliphatic heterocycles. The number of nitrogens with zero attached hydrogens (tertiary/aromatic N) is 3. The lowest BCUT2D eigenvalue weighted by Gasteiger charge is -2.31. The summed E-state index contributed by atoms with van der Waals surface area (Å²) in [5.74, 6) is 0.971. The Morgan fingerprint density at radius 2 is 1.68 bits per heavy atom. The lowest BCUT2D eigenvalue weighted by molar-refractivity contribution is -0.123. The normalized spacial score (nSPS) is 19.8. The van der Waals surface area contributed by atoms with Crippen LogP contribution in [0.5, 0.6) is 0 Å². The van der Waals surface area contributed by atoms with Gasteiger partial charge < -0.3 is 15.5 Å². The highest BCUT2D eigenvalue weighted by Crippen LogP contribution is 2.30. The van der Waals surface area contributed by atoms with Gasteiger partial charge in [-0.2, -0.15) is 4.98 Å². The number of hydrogen-bond donors (Lipinski definition) is 2. The maximum absolute atomic E-state index is 14.9. The fourth-order valence-electron chi connectivity index (χ4n) is 5.70. The Bertz CT molecular complexity index is 1270. The van der Waals surface area contributed by atoms with Crippen molar-refractivity contribution in [2.45, 2.75) is 76.3 Å². The minimum Gasteiger partial charge on any atom is -0.362 e. The first-order valence-electron chi connectivity index (χ1n) is 13.9. The minimum atomic E-state index is -0.418. The summed E-state index contributed by atoms with van der Waals surface area (Å²) in [5, 5.41) is 6.78. The number of hydrogen-bond acceptors (Lipinski definition) is 5. The smallest absolute Gasteiger partial charge is 0.227 e. The molecular formula is C31H38FN5O. The highest BCUT2D eigenvalue weighted by Gasteiger charge is 2.26. The van der Waals surface area contributed by atoms with Crippen molar-refractivity contribution in [2.75, 3.05) is 24.3 Å². The molecule has 2 aliphatic rings. The van der Waals surface area contributed by atoms with Gasteiger partial charge in [0, 0.05) is 37.3 Å². The van der Waals surface area contributed by atoms with Crippen LogP contribution in [0, 0.1) is 5.82 Å².